The maximum Gasteiger partial charge on any atom is 0.349 e. The van der Waals surface area contributed by atoms with Gasteiger partial charge in [0.1, 0.15) is 11.5 Å². The van der Waals surface area contributed by atoms with Crippen LogP contribution in [0.3, 0.4) is 0 Å². The second-order valence-electron chi connectivity index (χ2n) is 6.21. The van der Waals surface area contributed by atoms with Crippen LogP contribution in [0.1, 0.15) is 17.0 Å². The summed E-state index contributed by atoms with van der Waals surface area (Å²) >= 11 is 0. The third-order valence-electron chi connectivity index (χ3n) is 3.65. The molecule has 0 amide bonds. The van der Waals surface area contributed by atoms with Crippen molar-refractivity contribution in [2.45, 2.75) is 20.8 Å². The van der Waals surface area contributed by atoms with E-state index in [1.807, 2.05) is 51.1 Å². The Morgan fingerprint density at radius 3 is 2.37 bits per heavy atom. The van der Waals surface area contributed by atoms with E-state index in [1.54, 1.807) is 24.3 Å². The van der Waals surface area contributed by atoms with Crippen molar-refractivity contribution < 1.29 is 14.3 Å². The number of carbonyl (C=O) groups is 1. The SMILES string of the molecule is Cc1cccc(OCC(=O)Oc2cccc(Nc3nc(C)cc(C)n3)c2)c1. The third kappa shape index (κ3) is 5.54. The Labute approximate surface area is 158 Å². The van der Waals surface area contributed by atoms with Gasteiger partial charge < -0.3 is 14.8 Å². The van der Waals surface area contributed by atoms with E-state index in [2.05, 4.69) is 15.3 Å². The summed E-state index contributed by atoms with van der Waals surface area (Å²) in [6, 6.07) is 16.5. The first-order valence-corrected chi connectivity index (χ1v) is 8.57. The largest absolute Gasteiger partial charge is 0.482 e. The van der Waals surface area contributed by atoms with Gasteiger partial charge in [0.05, 0.1) is 0 Å². The van der Waals surface area contributed by atoms with Crippen LogP contribution in [-0.2, 0) is 4.79 Å². The molecule has 0 saturated heterocycles. The molecule has 138 valence electrons. The number of aromatic nitrogens is 2. The standard InChI is InChI=1S/C21H21N3O3/c1-14-6-4-8-18(10-14)26-13-20(25)27-19-9-5-7-17(12-19)24-21-22-15(2)11-16(3)23-21/h4-12H,13H2,1-3H3,(H,22,23,24). The zero-order chi connectivity index (χ0) is 19.2. The van der Waals surface area contributed by atoms with Crippen LogP contribution in [-0.4, -0.2) is 22.5 Å². The lowest BCUT2D eigenvalue weighted by atomic mass is 10.2. The normalized spacial score (nSPS) is 10.3. The van der Waals surface area contributed by atoms with E-state index < -0.39 is 5.97 Å². The van der Waals surface area contributed by atoms with E-state index in [0.717, 1.165) is 22.6 Å². The minimum absolute atomic E-state index is 0.165. The van der Waals surface area contributed by atoms with E-state index >= 15 is 0 Å². The van der Waals surface area contributed by atoms with Crippen LogP contribution in [0.2, 0.25) is 0 Å². The summed E-state index contributed by atoms with van der Waals surface area (Å²) in [4.78, 5) is 20.7. The fourth-order valence-corrected chi connectivity index (χ4v) is 2.56. The molecule has 0 aliphatic rings. The van der Waals surface area contributed by atoms with Gasteiger partial charge in [-0.25, -0.2) is 14.8 Å². The summed E-state index contributed by atoms with van der Waals surface area (Å²) in [6.07, 6.45) is 0. The maximum absolute atomic E-state index is 12.0. The van der Waals surface area contributed by atoms with Gasteiger partial charge in [0.15, 0.2) is 6.61 Å². The number of esters is 1. The Balaban J connectivity index is 1.60. The van der Waals surface area contributed by atoms with Gasteiger partial charge in [-0.3, -0.25) is 0 Å². The Hall–Kier alpha value is -3.41. The van der Waals surface area contributed by atoms with Crippen molar-refractivity contribution in [3.63, 3.8) is 0 Å². The smallest absolute Gasteiger partial charge is 0.349 e. The quantitative estimate of drug-likeness (QED) is 0.524. The molecule has 0 aliphatic carbocycles. The molecule has 0 aliphatic heterocycles. The van der Waals surface area contributed by atoms with Crippen LogP contribution in [0.5, 0.6) is 11.5 Å². The highest BCUT2D eigenvalue weighted by atomic mass is 16.6. The zero-order valence-corrected chi connectivity index (χ0v) is 15.5. The van der Waals surface area contributed by atoms with Crippen molar-refractivity contribution in [1.82, 2.24) is 9.97 Å². The van der Waals surface area contributed by atoms with Crippen molar-refractivity contribution in [3.8, 4) is 11.5 Å². The molecule has 3 aromatic rings. The first-order valence-electron chi connectivity index (χ1n) is 8.57. The molecule has 0 bridgehead atoms. The molecule has 1 heterocycles. The molecule has 0 unspecified atom stereocenters. The summed E-state index contributed by atoms with van der Waals surface area (Å²) in [5.41, 5.74) is 3.54. The van der Waals surface area contributed by atoms with Crippen molar-refractivity contribution >= 4 is 17.6 Å². The summed E-state index contributed by atoms with van der Waals surface area (Å²) in [7, 11) is 0. The third-order valence-corrected chi connectivity index (χ3v) is 3.65. The minimum Gasteiger partial charge on any atom is -0.482 e. The molecule has 3 rings (SSSR count). The number of nitrogens with one attached hydrogen (secondary N) is 1. The highest BCUT2D eigenvalue weighted by molar-refractivity contribution is 5.74. The Morgan fingerprint density at radius 1 is 0.926 bits per heavy atom. The highest BCUT2D eigenvalue weighted by Crippen LogP contribution is 2.20. The fourth-order valence-electron chi connectivity index (χ4n) is 2.56. The molecule has 27 heavy (non-hydrogen) atoms. The molecule has 0 radical (unpaired) electrons. The zero-order valence-electron chi connectivity index (χ0n) is 15.5. The average molecular weight is 363 g/mol. The van der Waals surface area contributed by atoms with Gasteiger partial charge in [0, 0.05) is 23.1 Å². The number of hydrogen-bond donors (Lipinski definition) is 1. The van der Waals surface area contributed by atoms with Gasteiger partial charge in [-0.1, -0.05) is 18.2 Å². The topological polar surface area (TPSA) is 73.3 Å². The van der Waals surface area contributed by atoms with Crippen LogP contribution < -0.4 is 14.8 Å². The summed E-state index contributed by atoms with van der Waals surface area (Å²) in [5, 5.41) is 3.12. The van der Waals surface area contributed by atoms with Crippen molar-refractivity contribution in [3.05, 3.63) is 71.5 Å². The molecule has 0 atom stereocenters. The average Bonchev–Trinajstić information content (AvgIpc) is 2.59. The molecule has 0 saturated carbocycles. The second kappa shape index (κ2) is 8.31. The van der Waals surface area contributed by atoms with Crippen LogP contribution in [0.15, 0.2) is 54.6 Å². The maximum atomic E-state index is 12.0. The monoisotopic (exact) mass is 363 g/mol. The highest BCUT2D eigenvalue weighted by Gasteiger charge is 2.08. The van der Waals surface area contributed by atoms with E-state index in [1.165, 1.54) is 0 Å². The lowest BCUT2D eigenvalue weighted by Crippen LogP contribution is -2.17. The van der Waals surface area contributed by atoms with Gasteiger partial charge in [0.25, 0.3) is 0 Å². The van der Waals surface area contributed by atoms with Crippen molar-refractivity contribution in [2.24, 2.45) is 0 Å². The molecule has 1 aromatic heterocycles. The molecular formula is C21H21N3O3. The van der Waals surface area contributed by atoms with Gasteiger partial charge in [-0.15, -0.1) is 0 Å². The lowest BCUT2D eigenvalue weighted by molar-refractivity contribution is -0.136. The minimum atomic E-state index is -0.476. The van der Waals surface area contributed by atoms with Crippen LogP contribution in [0.25, 0.3) is 0 Å². The second-order valence-corrected chi connectivity index (χ2v) is 6.21. The van der Waals surface area contributed by atoms with Crippen molar-refractivity contribution in [1.29, 1.82) is 0 Å². The Morgan fingerprint density at radius 2 is 1.63 bits per heavy atom. The van der Waals surface area contributed by atoms with E-state index in [9.17, 15) is 4.79 Å². The molecule has 6 nitrogen and oxygen atoms in total. The first kappa shape index (κ1) is 18.4. The van der Waals surface area contributed by atoms with Gasteiger partial charge >= 0.3 is 5.97 Å². The number of ether oxygens (including phenoxy) is 2. The van der Waals surface area contributed by atoms with Gasteiger partial charge in [-0.05, 0) is 56.7 Å². The molecule has 0 spiro atoms. The molecular weight excluding hydrogens is 342 g/mol. The number of benzene rings is 2. The van der Waals surface area contributed by atoms with E-state index in [0.29, 0.717) is 17.4 Å². The van der Waals surface area contributed by atoms with E-state index in [4.69, 9.17) is 9.47 Å². The summed E-state index contributed by atoms with van der Waals surface area (Å²) < 4.78 is 10.8. The summed E-state index contributed by atoms with van der Waals surface area (Å²) in [6.45, 7) is 5.61. The first-order chi connectivity index (χ1) is 13.0. The van der Waals surface area contributed by atoms with Crippen LogP contribution >= 0.6 is 0 Å². The number of rotatable bonds is 6. The lowest BCUT2D eigenvalue weighted by Gasteiger charge is -2.10. The number of carbonyl (C=O) groups excluding carboxylic acids is 1. The number of anilines is 2. The molecule has 0 fully saturated rings. The summed E-state index contributed by atoms with van der Waals surface area (Å²) in [5.74, 6) is 1.08. The van der Waals surface area contributed by atoms with Crippen LogP contribution in [0.4, 0.5) is 11.6 Å². The molecule has 6 heteroatoms. The Kier molecular flexibility index (Phi) is 5.66. The molecule has 1 N–H and O–H groups in total. The van der Waals surface area contributed by atoms with Crippen molar-refractivity contribution in [2.75, 3.05) is 11.9 Å². The van der Waals surface area contributed by atoms with Gasteiger partial charge in [-0.2, -0.15) is 0 Å². The Bertz CT molecular complexity index is 937. The number of aryl methyl sites for hydroxylation is 3. The number of nitrogens with zero attached hydrogens (tertiary/aromatic N) is 2. The fraction of sp³-hybridized carbons (Fsp3) is 0.190. The predicted molar refractivity (Wildman–Crippen MR) is 104 cm³/mol. The molecule has 2 aromatic carbocycles. The predicted octanol–water partition coefficient (Wildman–Crippen LogP) is 4.13. The van der Waals surface area contributed by atoms with Crippen LogP contribution in [0, 0.1) is 20.8 Å². The number of hydrogen-bond acceptors (Lipinski definition) is 6. The van der Waals surface area contributed by atoms with Gasteiger partial charge in [0.2, 0.25) is 5.95 Å². The van der Waals surface area contributed by atoms with E-state index in [-0.39, 0.29) is 6.61 Å².